The molecule has 2 aliphatic rings. The van der Waals surface area contributed by atoms with Gasteiger partial charge in [-0.15, -0.1) is 0 Å². The smallest absolute Gasteiger partial charge is 0.324 e. The second-order valence-corrected chi connectivity index (χ2v) is 3.53. The highest BCUT2D eigenvalue weighted by atomic mass is 16.2. The molecule has 1 fully saturated rings. The van der Waals surface area contributed by atoms with Gasteiger partial charge in [-0.1, -0.05) is 6.08 Å². The van der Waals surface area contributed by atoms with Crippen molar-refractivity contribution in [2.45, 2.75) is 6.42 Å². The average Bonchev–Trinajstić information content (AvgIpc) is 2.15. The summed E-state index contributed by atoms with van der Waals surface area (Å²) in [6.45, 7) is 0.784. The SMILES string of the molecule is CN1CC2CC=CN=C2N(C)C1=O. The normalized spacial score (nSPS) is 27.4. The van der Waals surface area contributed by atoms with Gasteiger partial charge in [-0.2, -0.15) is 0 Å². The van der Waals surface area contributed by atoms with Crippen LogP contribution in [0.3, 0.4) is 0 Å². The second kappa shape index (κ2) is 2.87. The molecule has 2 heterocycles. The first-order valence-corrected chi connectivity index (χ1v) is 4.41. The van der Waals surface area contributed by atoms with Gasteiger partial charge in [0, 0.05) is 32.8 Å². The fourth-order valence-corrected chi connectivity index (χ4v) is 1.84. The Labute approximate surface area is 77.5 Å². The number of allylic oxidation sites excluding steroid dienone is 1. The van der Waals surface area contributed by atoms with Gasteiger partial charge in [-0.25, -0.2) is 9.79 Å². The number of fused-ring (bicyclic) bond motifs is 1. The quantitative estimate of drug-likeness (QED) is 0.544. The van der Waals surface area contributed by atoms with Gasteiger partial charge < -0.3 is 4.90 Å². The van der Waals surface area contributed by atoms with Gasteiger partial charge in [0.05, 0.1) is 0 Å². The van der Waals surface area contributed by atoms with Crippen LogP contribution in [-0.2, 0) is 0 Å². The van der Waals surface area contributed by atoms with Gasteiger partial charge in [0.25, 0.3) is 0 Å². The standard InChI is InChI=1S/C9H13N3O/c1-11-6-7-4-3-5-10-8(7)12(2)9(11)13/h3,5,7H,4,6H2,1-2H3. The van der Waals surface area contributed by atoms with Crippen LogP contribution in [0.2, 0.25) is 0 Å². The zero-order valence-electron chi connectivity index (χ0n) is 7.90. The van der Waals surface area contributed by atoms with Crippen molar-refractivity contribution in [1.29, 1.82) is 0 Å². The molecule has 4 nitrogen and oxygen atoms in total. The molecular weight excluding hydrogens is 166 g/mol. The molecule has 70 valence electrons. The van der Waals surface area contributed by atoms with Crippen molar-refractivity contribution >= 4 is 11.9 Å². The Kier molecular flexibility index (Phi) is 1.83. The lowest BCUT2D eigenvalue weighted by molar-refractivity contribution is 0.174. The van der Waals surface area contributed by atoms with Gasteiger partial charge in [-0.3, -0.25) is 4.90 Å². The molecule has 0 radical (unpaired) electrons. The highest BCUT2D eigenvalue weighted by Crippen LogP contribution is 2.21. The van der Waals surface area contributed by atoms with Crippen LogP contribution in [0, 0.1) is 5.92 Å². The Morgan fingerprint density at radius 1 is 1.54 bits per heavy atom. The van der Waals surface area contributed by atoms with Crippen molar-refractivity contribution in [3.63, 3.8) is 0 Å². The number of hydrogen-bond acceptors (Lipinski definition) is 2. The first kappa shape index (κ1) is 8.29. The molecule has 2 aliphatic heterocycles. The third kappa shape index (κ3) is 1.22. The summed E-state index contributed by atoms with van der Waals surface area (Å²) in [5, 5.41) is 0. The Balaban J connectivity index is 2.29. The van der Waals surface area contributed by atoms with E-state index in [0.29, 0.717) is 5.92 Å². The highest BCUT2D eigenvalue weighted by molar-refractivity contribution is 6.01. The lowest BCUT2D eigenvalue weighted by atomic mass is 9.99. The molecule has 0 spiro atoms. The summed E-state index contributed by atoms with van der Waals surface area (Å²) < 4.78 is 0. The van der Waals surface area contributed by atoms with E-state index in [1.54, 1.807) is 23.0 Å². The van der Waals surface area contributed by atoms with Gasteiger partial charge in [0.2, 0.25) is 0 Å². The maximum absolute atomic E-state index is 11.5. The predicted molar refractivity (Wildman–Crippen MR) is 50.5 cm³/mol. The number of urea groups is 1. The predicted octanol–water partition coefficient (Wildman–Crippen LogP) is 0.916. The van der Waals surface area contributed by atoms with Gasteiger partial charge >= 0.3 is 6.03 Å². The van der Waals surface area contributed by atoms with E-state index < -0.39 is 0 Å². The largest absolute Gasteiger partial charge is 0.327 e. The van der Waals surface area contributed by atoms with Crippen LogP contribution >= 0.6 is 0 Å². The molecular formula is C9H13N3O. The molecule has 0 bridgehead atoms. The summed E-state index contributed by atoms with van der Waals surface area (Å²) in [6, 6.07) is 0.0327. The minimum Gasteiger partial charge on any atom is -0.327 e. The summed E-state index contributed by atoms with van der Waals surface area (Å²) in [6.07, 6.45) is 4.81. The van der Waals surface area contributed by atoms with Crippen molar-refractivity contribution in [3.05, 3.63) is 12.3 Å². The summed E-state index contributed by atoms with van der Waals surface area (Å²) in [4.78, 5) is 19.1. The number of carbonyl (C=O) groups is 1. The molecule has 1 unspecified atom stereocenters. The zero-order chi connectivity index (χ0) is 9.42. The summed E-state index contributed by atoms with van der Waals surface area (Å²) in [5.41, 5.74) is 0. The summed E-state index contributed by atoms with van der Waals surface area (Å²) >= 11 is 0. The Morgan fingerprint density at radius 2 is 2.31 bits per heavy atom. The van der Waals surface area contributed by atoms with Crippen LogP contribution < -0.4 is 0 Å². The van der Waals surface area contributed by atoms with Crippen molar-refractivity contribution in [3.8, 4) is 0 Å². The average molecular weight is 179 g/mol. The lowest BCUT2D eigenvalue weighted by Gasteiger charge is -2.37. The molecule has 2 amide bonds. The highest BCUT2D eigenvalue weighted by Gasteiger charge is 2.33. The number of aliphatic imine (C=N–C) groups is 1. The van der Waals surface area contributed by atoms with E-state index in [-0.39, 0.29) is 6.03 Å². The summed E-state index contributed by atoms with van der Waals surface area (Å²) in [5.74, 6) is 1.29. The summed E-state index contributed by atoms with van der Waals surface area (Å²) in [7, 11) is 3.61. The van der Waals surface area contributed by atoms with Crippen molar-refractivity contribution in [1.82, 2.24) is 9.80 Å². The van der Waals surface area contributed by atoms with E-state index in [9.17, 15) is 4.79 Å². The van der Waals surface area contributed by atoms with Crippen molar-refractivity contribution < 1.29 is 4.79 Å². The van der Waals surface area contributed by atoms with Gasteiger partial charge in [-0.05, 0) is 6.42 Å². The maximum Gasteiger partial charge on any atom is 0.324 e. The molecule has 1 saturated heterocycles. The van der Waals surface area contributed by atoms with Crippen LogP contribution in [0.15, 0.2) is 17.3 Å². The lowest BCUT2D eigenvalue weighted by Crippen LogP contribution is -2.53. The number of amidine groups is 1. The third-order valence-electron chi connectivity index (χ3n) is 2.55. The van der Waals surface area contributed by atoms with E-state index in [1.807, 2.05) is 13.1 Å². The Bertz CT molecular complexity index is 295. The van der Waals surface area contributed by atoms with Crippen LogP contribution in [0.4, 0.5) is 4.79 Å². The van der Waals surface area contributed by atoms with Crippen LogP contribution in [0.1, 0.15) is 6.42 Å². The van der Waals surface area contributed by atoms with Crippen LogP contribution in [0.5, 0.6) is 0 Å². The van der Waals surface area contributed by atoms with E-state index >= 15 is 0 Å². The molecule has 0 aromatic carbocycles. The second-order valence-electron chi connectivity index (χ2n) is 3.53. The number of rotatable bonds is 0. The first-order valence-electron chi connectivity index (χ1n) is 4.41. The molecule has 1 atom stereocenters. The first-order chi connectivity index (χ1) is 6.20. The number of nitrogens with zero attached hydrogens (tertiary/aromatic N) is 3. The molecule has 13 heavy (non-hydrogen) atoms. The van der Waals surface area contributed by atoms with Crippen molar-refractivity contribution in [2.24, 2.45) is 10.9 Å². The Hall–Kier alpha value is -1.32. The third-order valence-corrected chi connectivity index (χ3v) is 2.55. The fourth-order valence-electron chi connectivity index (χ4n) is 1.84. The van der Waals surface area contributed by atoms with Gasteiger partial charge in [0.1, 0.15) is 5.84 Å². The zero-order valence-corrected chi connectivity index (χ0v) is 7.90. The van der Waals surface area contributed by atoms with Crippen LogP contribution in [-0.4, -0.2) is 42.3 Å². The minimum absolute atomic E-state index is 0.0327. The monoisotopic (exact) mass is 179 g/mol. The van der Waals surface area contributed by atoms with E-state index in [1.165, 1.54) is 0 Å². The molecule has 0 aromatic heterocycles. The fraction of sp³-hybridized carbons (Fsp3) is 0.556. The number of hydrogen-bond donors (Lipinski definition) is 0. The van der Waals surface area contributed by atoms with Crippen LogP contribution in [0.25, 0.3) is 0 Å². The molecule has 0 aromatic rings. The number of carbonyl (C=O) groups excluding carboxylic acids is 1. The molecule has 0 N–H and O–H groups in total. The molecule has 0 aliphatic carbocycles. The topological polar surface area (TPSA) is 35.9 Å². The molecule has 0 saturated carbocycles. The van der Waals surface area contributed by atoms with Crippen molar-refractivity contribution in [2.75, 3.05) is 20.6 Å². The van der Waals surface area contributed by atoms with Gasteiger partial charge in [0.15, 0.2) is 0 Å². The van der Waals surface area contributed by atoms with E-state index in [0.717, 1.165) is 18.8 Å². The van der Waals surface area contributed by atoms with E-state index in [2.05, 4.69) is 4.99 Å². The maximum atomic E-state index is 11.5. The number of amides is 2. The molecule has 2 rings (SSSR count). The van der Waals surface area contributed by atoms with E-state index in [4.69, 9.17) is 0 Å². The minimum atomic E-state index is 0.0327. The molecule has 4 heteroatoms. The Morgan fingerprint density at radius 3 is 3.08 bits per heavy atom.